The number of hydrogen-bond donors (Lipinski definition) is 0. The average Bonchev–Trinajstić information content (AvgIpc) is 2.92. The fraction of sp³-hybridized carbons (Fsp3) is 0.667. The lowest BCUT2D eigenvalue weighted by atomic mass is 9.96. The molecule has 104 valence electrons. The fourth-order valence-electron chi connectivity index (χ4n) is 3.25. The first-order valence-corrected chi connectivity index (χ1v) is 8.20. The van der Waals surface area contributed by atoms with E-state index in [1.54, 1.807) is 0 Å². The number of pyridine rings is 1. The Morgan fingerprint density at radius 2 is 1.84 bits per heavy atom. The van der Waals surface area contributed by atoms with Gasteiger partial charge in [0.1, 0.15) is 10.4 Å². The molecule has 0 aliphatic carbocycles. The summed E-state index contributed by atoms with van der Waals surface area (Å²) in [6, 6.07) is 6.18. The molecule has 1 aromatic heterocycles. The highest BCUT2D eigenvalue weighted by molar-refractivity contribution is 9.10. The lowest BCUT2D eigenvalue weighted by Crippen LogP contribution is -2.38. The molecule has 0 spiro atoms. The number of anilines is 1. The van der Waals surface area contributed by atoms with E-state index in [2.05, 4.69) is 42.8 Å². The van der Waals surface area contributed by atoms with Gasteiger partial charge in [0.2, 0.25) is 0 Å². The third-order valence-electron chi connectivity index (χ3n) is 4.35. The van der Waals surface area contributed by atoms with Crippen molar-refractivity contribution in [3.05, 3.63) is 22.8 Å². The van der Waals surface area contributed by atoms with Crippen LogP contribution in [0.5, 0.6) is 0 Å². The molecular weight excluding hydrogens is 302 g/mol. The highest BCUT2D eigenvalue weighted by Crippen LogP contribution is 2.24. The van der Waals surface area contributed by atoms with Gasteiger partial charge in [0, 0.05) is 19.6 Å². The molecule has 2 fully saturated rings. The van der Waals surface area contributed by atoms with Gasteiger partial charge in [-0.1, -0.05) is 6.07 Å². The van der Waals surface area contributed by atoms with Gasteiger partial charge in [-0.2, -0.15) is 0 Å². The molecule has 1 aromatic rings. The van der Waals surface area contributed by atoms with E-state index in [1.165, 1.54) is 45.3 Å². The van der Waals surface area contributed by atoms with E-state index in [9.17, 15) is 0 Å². The van der Waals surface area contributed by atoms with Gasteiger partial charge >= 0.3 is 0 Å². The average molecular weight is 324 g/mol. The first-order chi connectivity index (χ1) is 9.31. The Balaban J connectivity index is 1.51. The van der Waals surface area contributed by atoms with Crippen molar-refractivity contribution < 1.29 is 0 Å². The van der Waals surface area contributed by atoms with Crippen molar-refractivity contribution in [2.75, 3.05) is 37.6 Å². The standard InChI is InChI=1S/C15H22BrN3/c16-14-4-3-5-15(17-14)19-10-6-13(7-11-19)12-18-8-1-2-9-18/h3-5,13H,1-2,6-12H2. The number of aromatic nitrogens is 1. The first kappa shape index (κ1) is 13.4. The molecule has 3 nitrogen and oxygen atoms in total. The summed E-state index contributed by atoms with van der Waals surface area (Å²) in [7, 11) is 0. The predicted molar refractivity (Wildman–Crippen MR) is 82.5 cm³/mol. The van der Waals surface area contributed by atoms with E-state index >= 15 is 0 Å². The molecule has 0 saturated carbocycles. The molecule has 0 unspecified atom stereocenters. The molecule has 3 rings (SSSR count). The van der Waals surface area contributed by atoms with Gasteiger partial charge in [-0.25, -0.2) is 4.98 Å². The molecule has 0 bridgehead atoms. The monoisotopic (exact) mass is 323 g/mol. The lowest BCUT2D eigenvalue weighted by molar-refractivity contribution is 0.249. The Bertz CT molecular complexity index is 410. The van der Waals surface area contributed by atoms with Crippen molar-refractivity contribution in [1.29, 1.82) is 0 Å². The fourth-order valence-corrected chi connectivity index (χ4v) is 3.58. The van der Waals surface area contributed by atoms with Crippen molar-refractivity contribution in [1.82, 2.24) is 9.88 Å². The van der Waals surface area contributed by atoms with E-state index in [1.807, 2.05) is 6.07 Å². The number of halogens is 1. The van der Waals surface area contributed by atoms with E-state index in [-0.39, 0.29) is 0 Å². The van der Waals surface area contributed by atoms with E-state index in [0.717, 1.165) is 29.4 Å². The van der Waals surface area contributed by atoms with Crippen LogP contribution in [0, 0.1) is 5.92 Å². The van der Waals surface area contributed by atoms with Crippen molar-refractivity contribution >= 4 is 21.7 Å². The zero-order chi connectivity index (χ0) is 13.1. The molecule has 0 aromatic carbocycles. The van der Waals surface area contributed by atoms with Crippen molar-refractivity contribution in [2.45, 2.75) is 25.7 Å². The number of nitrogens with zero attached hydrogens (tertiary/aromatic N) is 3. The normalized spacial score (nSPS) is 22.1. The molecule has 0 N–H and O–H groups in total. The largest absolute Gasteiger partial charge is 0.357 e. The summed E-state index contributed by atoms with van der Waals surface area (Å²) < 4.78 is 0.934. The Morgan fingerprint density at radius 1 is 1.11 bits per heavy atom. The third kappa shape index (κ3) is 3.48. The van der Waals surface area contributed by atoms with Crippen LogP contribution in [0.2, 0.25) is 0 Å². The summed E-state index contributed by atoms with van der Waals surface area (Å²) in [5.41, 5.74) is 0. The van der Waals surface area contributed by atoms with Gasteiger partial charge in [0.25, 0.3) is 0 Å². The van der Waals surface area contributed by atoms with Gasteiger partial charge in [0.15, 0.2) is 0 Å². The zero-order valence-electron chi connectivity index (χ0n) is 11.4. The molecule has 2 saturated heterocycles. The lowest BCUT2D eigenvalue weighted by Gasteiger charge is -2.34. The van der Waals surface area contributed by atoms with E-state index in [4.69, 9.17) is 0 Å². The van der Waals surface area contributed by atoms with Crippen molar-refractivity contribution in [3.63, 3.8) is 0 Å². The molecule has 0 radical (unpaired) electrons. The number of hydrogen-bond acceptors (Lipinski definition) is 3. The van der Waals surface area contributed by atoms with Crippen LogP contribution >= 0.6 is 15.9 Å². The molecule has 19 heavy (non-hydrogen) atoms. The molecule has 0 amide bonds. The Kier molecular flexibility index (Phi) is 4.38. The first-order valence-electron chi connectivity index (χ1n) is 7.41. The smallest absolute Gasteiger partial charge is 0.129 e. The van der Waals surface area contributed by atoms with Gasteiger partial charge < -0.3 is 9.80 Å². The highest BCUT2D eigenvalue weighted by atomic mass is 79.9. The second-order valence-corrected chi connectivity index (χ2v) is 6.57. The maximum atomic E-state index is 4.56. The number of likely N-dealkylation sites (tertiary alicyclic amines) is 1. The van der Waals surface area contributed by atoms with E-state index in [0.29, 0.717) is 0 Å². The van der Waals surface area contributed by atoms with Crippen LogP contribution in [0.4, 0.5) is 5.82 Å². The topological polar surface area (TPSA) is 19.4 Å². The molecule has 2 aliphatic rings. The van der Waals surface area contributed by atoms with Gasteiger partial charge in [-0.3, -0.25) is 0 Å². The highest BCUT2D eigenvalue weighted by Gasteiger charge is 2.23. The minimum atomic E-state index is 0.890. The maximum Gasteiger partial charge on any atom is 0.129 e. The maximum absolute atomic E-state index is 4.56. The van der Waals surface area contributed by atoms with Crippen LogP contribution in [0.15, 0.2) is 22.8 Å². The summed E-state index contributed by atoms with van der Waals surface area (Å²) in [5, 5.41) is 0. The zero-order valence-corrected chi connectivity index (χ0v) is 13.0. The van der Waals surface area contributed by atoms with E-state index < -0.39 is 0 Å². The summed E-state index contributed by atoms with van der Waals surface area (Å²) in [6.07, 6.45) is 5.43. The van der Waals surface area contributed by atoms with Crippen LogP contribution in [0.1, 0.15) is 25.7 Å². The molecule has 2 aliphatic heterocycles. The van der Waals surface area contributed by atoms with Gasteiger partial charge in [0.05, 0.1) is 0 Å². The molecule has 3 heterocycles. The Morgan fingerprint density at radius 3 is 2.53 bits per heavy atom. The number of piperidine rings is 1. The SMILES string of the molecule is Brc1cccc(N2CCC(CN3CCCC3)CC2)n1. The second-order valence-electron chi connectivity index (χ2n) is 5.76. The second kappa shape index (κ2) is 6.23. The van der Waals surface area contributed by atoms with Crippen LogP contribution in [0.25, 0.3) is 0 Å². The van der Waals surface area contributed by atoms with Gasteiger partial charge in [-0.05, 0) is 72.8 Å². The minimum absolute atomic E-state index is 0.890. The molecule has 0 atom stereocenters. The summed E-state index contributed by atoms with van der Waals surface area (Å²) >= 11 is 3.45. The summed E-state index contributed by atoms with van der Waals surface area (Å²) in [4.78, 5) is 9.63. The third-order valence-corrected chi connectivity index (χ3v) is 4.80. The summed E-state index contributed by atoms with van der Waals surface area (Å²) in [5.74, 6) is 2.01. The molecular formula is C15H22BrN3. The molecule has 4 heteroatoms. The Labute approximate surface area is 124 Å². The quantitative estimate of drug-likeness (QED) is 0.796. The van der Waals surface area contributed by atoms with Gasteiger partial charge in [-0.15, -0.1) is 0 Å². The van der Waals surface area contributed by atoms with Crippen LogP contribution in [0.3, 0.4) is 0 Å². The van der Waals surface area contributed by atoms with Crippen LogP contribution < -0.4 is 4.90 Å². The van der Waals surface area contributed by atoms with Crippen molar-refractivity contribution in [2.24, 2.45) is 5.92 Å². The summed E-state index contributed by atoms with van der Waals surface area (Å²) in [6.45, 7) is 6.28. The van der Waals surface area contributed by atoms with Crippen LogP contribution in [-0.4, -0.2) is 42.6 Å². The van der Waals surface area contributed by atoms with Crippen LogP contribution in [-0.2, 0) is 0 Å². The predicted octanol–water partition coefficient (Wildman–Crippen LogP) is 3.16. The minimum Gasteiger partial charge on any atom is -0.357 e. The number of rotatable bonds is 3. The van der Waals surface area contributed by atoms with Crippen molar-refractivity contribution in [3.8, 4) is 0 Å². The Hall–Kier alpha value is -0.610.